The molecular formula is C14H20N2O4. The number of esters is 1. The van der Waals surface area contributed by atoms with Crippen LogP contribution in [0.3, 0.4) is 0 Å². The second-order valence-corrected chi connectivity index (χ2v) is 4.48. The molecule has 0 bridgehead atoms. The van der Waals surface area contributed by atoms with Gasteiger partial charge in [0.15, 0.2) is 6.61 Å². The number of rotatable bonds is 6. The summed E-state index contributed by atoms with van der Waals surface area (Å²) in [5.74, 6) is 0.147. The molecule has 0 aromatic heterocycles. The fourth-order valence-electron chi connectivity index (χ4n) is 1.45. The van der Waals surface area contributed by atoms with E-state index in [1.54, 1.807) is 26.2 Å². The Kier molecular flexibility index (Phi) is 5.83. The molecule has 0 atom stereocenters. The summed E-state index contributed by atoms with van der Waals surface area (Å²) < 4.78 is 9.78. The topological polar surface area (TPSA) is 67.9 Å². The van der Waals surface area contributed by atoms with Crippen molar-refractivity contribution in [2.45, 2.75) is 6.92 Å². The third-order valence-corrected chi connectivity index (χ3v) is 2.71. The van der Waals surface area contributed by atoms with E-state index in [-0.39, 0.29) is 19.1 Å². The lowest BCUT2D eigenvalue weighted by Crippen LogP contribution is -2.28. The molecule has 0 spiro atoms. The van der Waals surface area contributed by atoms with Crippen molar-refractivity contribution in [3.63, 3.8) is 0 Å². The van der Waals surface area contributed by atoms with Gasteiger partial charge in [-0.1, -0.05) is 0 Å². The third kappa shape index (κ3) is 4.79. The quantitative estimate of drug-likeness (QED) is 0.789. The number of nitrogens with zero attached hydrogens (tertiary/aromatic N) is 1. The first-order chi connectivity index (χ1) is 9.43. The SMILES string of the molecule is COC(=O)COc1ccc(NCC(=O)N(C)C)c(C)c1. The van der Waals surface area contributed by atoms with Gasteiger partial charge in [-0.25, -0.2) is 4.79 Å². The van der Waals surface area contributed by atoms with Gasteiger partial charge in [0.25, 0.3) is 0 Å². The van der Waals surface area contributed by atoms with E-state index < -0.39 is 5.97 Å². The van der Waals surface area contributed by atoms with E-state index in [2.05, 4.69) is 10.1 Å². The summed E-state index contributed by atoms with van der Waals surface area (Å²) in [7, 11) is 4.73. The molecular weight excluding hydrogens is 260 g/mol. The maximum Gasteiger partial charge on any atom is 0.343 e. The molecule has 1 rings (SSSR count). The van der Waals surface area contributed by atoms with Gasteiger partial charge in [-0.05, 0) is 30.7 Å². The molecule has 1 aromatic carbocycles. The van der Waals surface area contributed by atoms with E-state index in [0.29, 0.717) is 5.75 Å². The normalized spacial score (nSPS) is 9.80. The predicted octanol–water partition coefficient (Wildman–Crippen LogP) is 1.05. The van der Waals surface area contributed by atoms with Crippen molar-refractivity contribution in [2.75, 3.05) is 39.7 Å². The highest BCUT2D eigenvalue weighted by Crippen LogP contribution is 2.21. The van der Waals surface area contributed by atoms with Crippen LogP contribution in [0.25, 0.3) is 0 Å². The number of hydrogen-bond donors (Lipinski definition) is 1. The maximum absolute atomic E-state index is 11.5. The van der Waals surface area contributed by atoms with E-state index in [0.717, 1.165) is 11.3 Å². The second kappa shape index (κ2) is 7.37. The molecule has 1 aromatic rings. The molecule has 6 heteroatoms. The summed E-state index contributed by atoms with van der Waals surface area (Å²) in [5.41, 5.74) is 1.78. The van der Waals surface area contributed by atoms with Gasteiger partial charge in [0.2, 0.25) is 5.91 Å². The lowest BCUT2D eigenvalue weighted by Gasteiger charge is -2.14. The fourth-order valence-corrected chi connectivity index (χ4v) is 1.45. The number of aryl methyl sites for hydroxylation is 1. The summed E-state index contributed by atoms with van der Waals surface area (Å²) in [5, 5.41) is 3.06. The van der Waals surface area contributed by atoms with Crippen molar-refractivity contribution < 1.29 is 19.1 Å². The van der Waals surface area contributed by atoms with Crippen LogP contribution in [-0.4, -0.2) is 51.1 Å². The summed E-state index contributed by atoms with van der Waals surface area (Å²) in [6.07, 6.45) is 0. The second-order valence-electron chi connectivity index (χ2n) is 4.48. The lowest BCUT2D eigenvalue weighted by atomic mass is 10.2. The van der Waals surface area contributed by atoms with Crippen LogP contribution in [0, 0.1) is 6.92 Å². The number of ether oxygens (including phenoxy) is 2. The molecule has 0 aliphatic carbocycles. The number of hydrogen-bond acceptors (Lipinski definition) is 5. The lowest BCUT2D eigenvalue weighted by molar-refractivity contribution is -0.142. The first-order valence-electron chi connectivity index (χ1n) is 6.18. The molecule has 1 N–H and O–H groups in total. The maximum atomic E-state index is 11.5. The minimum absolute atomic E-state index is 0.00424. The van der Waals surface area contributed by atoms with Crippen molar-refractivity contribution in [2.24, 2.45) is 0 Å². The molecule has 0 aliphatic heterocycles. The van der Waals surface area contributed by atoms with Gasteiger partial charge < -0.3 is 19.7 Å². The van der Waals surface area contributed by atoms with Gasteiger partial charge in [-0.15, -0.1) is 0 Å². The van der Waals surface area contributed by atoms with Crippen molar-refractivity contribution in [3.8, 4) is 5.75 Å². The van der Waals surface area contributed by atoms with Gasteiger partial charge in [-0.3, -0.25) is 4.79 Å². The molecule has 0 aliphatic rings. The van der Waals surface area contributed by atoms with Crippen molar-refractivity contribution >= 4 is 17.6 Å². The Bertz CT molecular complexity index is 486. The van der Waals surface area contributed by atoms with Crippen LogP contribution in [0.1, 0.15) is 5.56 Å². The van der Waals surface area contributed by atoms with E-state index in [1.165, 1.54) is 12.0 Å². The first-order valence-corrected chi connectivity index (χ1v) is 6.18. The number of carbonyl (C=O) groups is 2. The zero-order valence-electron chi connectivity index (χ0n) is 12.2. The molecule has 110 valence electrons. The molecule has 20 heavy (non-hydrogen) atoms. The van der Waals surface area contributed by atoms with Crippen LogP contribution in [-0.2, 0) is 14.3 Å². The smallest absolute Gasteiger partial charge is 0.343 e. The van der Waals surface area contributed by atoms with Gasteiger partial charge >= 0.3 is 5.97 Å². The number of amides is 1. The van der Waals surface area contributed by atoms with Crippen molar-refractivity contribution in [1.82, 2.24) is 4.90 Å². The van der Waals surface area contributed by atoms with Crippen molar-refractivity contribution in [3.05, 3.63) is 23.8 Å². The summed E-state index contributed by atoms with van der Waals surface area (Å²) in [6.45, 7) is 2.01. The molecule has 0 unspecified atom stereocenters. The number of methoxy groups -OCH3 is 1. The minimum atomic E-state index is -0.429. The first kappa shape index (κ1) is 15.8. The molecule has 0 heterocycles. The highest BCUT2D eigenvalue weighted by atomic mass is 16.6. The number of nitrogens with one attached hydrogen (secondary N) is 1. The van der Waals surface area contributed by atoms with E-state index in [1.807, 2.05) is 13.0 Å². The Balaban J connectivity index is 2.59. The van der Waals surface area contributed by atoms with Crippen LogP contribution >= 0.6 is 0 Å². The fraction of sp³-hybridized carbons (Fsp3) is 0.429. The molecule has 0 fully saturated rings. The molecule has 0 radical (unpaired) electrons. The Morgan fingerprint density at radius 2 is 2.00 bits per heavy atom. The average Bonchev–Trinajstić information content (AvgIpc) is 2.43. The van der Waals surface area contributed by atoms with Crippen LogP contribution in [0.4, 0.5) is 5.69 Å². The Labute approximate surface area is 118 Å². The van der Waals surface area contributed by atoms with Gasteiger partial charge in [0, 0.05) is 19.8 Å². The number of carbonyl (C=O) groups excluding carboxylic acids is 2. The Morgan fingerprint density at radius 1 is 1.30 bits per heavy atom. The summed E-state index contributed by atoms with van der Waals surface area (Å²) in [4.78, 5) is 24.0. The van der Waals surface area contributed by atoms with E-state index in [9.17, 15) is 9.59 Å². The van der Waals surface area contributed by atoms with Gasteiger partial charge in [-0.2, -0.15) is 0 Å². The largest absolute Gasteiger partial charge is 0.482 e. The number of benzene rings is 1. The molecule has 6 nitrogen and oxygen atoms in total. The average molecular weight is 280 g/mol. The zero-order valence-corrected chi connectivity index (χ0v) is 12.2. The Hall–Kier alpha value is -2.24. The molecule has 1 amide bonds. The van der Waals surface area contributed by atoms with E-state index in [4.69, 9.17) is 4.74 Å². The van der Waals surface area contributed by atoms with E-state index >= 15 is 0 Å². The number of likely N-dealkylation sites (N-methyl/N-ethyl adjacent to an activating group) is 1. The highest BCUT2D eigenvalue weighted by molar-refractivity contribution is 5.80. The Morgan fingerprint density at radius 3 is 2.55 bits per heavy atom. The van der Waals surface area contributed by atoms with Crippen LogP contribution < -0.4 is 10.1 Å². The minimum Gasteiger partial charge on any atom is -0.482 e. The van der Waals surface area contributed by atoms with Crippen LogP contribution in [0.5, 0.6) is 5.75 Å². The summed E-state index contributed by atoms with van der Waals surface area (Å²) >= 11 is 0. The van der Waals surface area contributed by atoms with Crippen LogP contribution in [0.15, 0.2) is 18.2 Å². The zero-order chi connectivity index (χ0) is 15.1. The van der Waals surface area contributed by atoms with Crippen LogP contribution in [0.2, 0.25) is 0 Å². The highest BCUT2D eigenvalue weighted by Gasteiger charge is 2.07. The third-order valence-electron chi connectivity index (χ3n) is 2.71. The molecule has 0 saturated carbocycles. The van der Waals surface area contributed by atoms with Gasteiger partial charge in [0.1, 0.15) is 5.75 Å². The molecule has 0 saturated heterocycles. The standard InChI is InChI=1S/C14H20N2O4/c1-10-7-11(20-9-14(18)19-4)5-6-12(10)15-8-13(17)16(2)3/h5-7,15H,8-9H2,1-4H3. The van der Waals surface area contributed by atoms with Crippen molar-refractivity contribution in [1.29, 1.82) is 0 Å². The predicted molar refractivity (Wildman–Crippen MR) is 75.9 cm³/mol. The summed E-state index contributed by atoms with van der Waals surface area (Å²) in [6, 6.07) is 5.34. The monoisotopic (exact) mass is 280 g/mol. The van der Waals surface area contributed by atoms with Gasteiger partial charge in [0.05, 0.1) is 13.7 Å². The number of anilines is 1.